The van der Waals surface area contributed by atoms with Crippen LogP contribution in [-0.4, -0.2) is 29.1 Å². The zero-order chi connectivity index (χ0) is 10.7. The van der Waals surface area contributed by atoms with E-state index in [0.717, 1.165) is 25.3 Å². The maximum atomic E-state index is 10.6. The summed E-state index contributed by atoms with van der Waals surface area (Å²) in [5, 5.41) is 8.72. The Morgan fingerprint density at radius 1 is 1.40 bits per heavy atom. The fourth-order valence-corrected chi connectivity index (χ4v) is 1.55. The third kappa shape index (κ3) is 2.15. The van der Waals surface area contributed by atoms with Crippen LogP contribution in [0.15, 0.2) is 30.5 Å². The van der Waals surface area contributed by atoms with Crippen molar-refractivity contribution in [3.8, 4) is 0 Å². The van der Waals surface area contributed by atoms with Gasteiger partial charge in [-0.1, -0.05) is 12.2 Å². The lowest BCUT2D eigenvalue weighted by Crippen LogP contribution is -2.27. The Morgan fingerprint density at radius 3 is 2.80 bits per heavy atom. The van der Waals surface area contributed by atoms with Gasteiger partial charge in [0.1, 0.15) is 5.82 Å². The molecule has 1 aromatic heterocycles. The average molecular weight is 204 g/mol. The summed E-state index contributed by atoms with van der Waals surface area (Å²) in [6.07, 6.45) is 6.65. The molecule has 78 valence electrons. The highest BCUT2D eigenvalue weighted by Crippen LogP contribution is 2.14. The van der Waals surface area contributed by atoms with Crippen LogP contribution in [0.4, 0.5) is 5.82 Å². The van der Waals surface area contributed by atoms with Gasteiger partial charge in [-0.3, -0.25) is 0 Å². The van der Waals surface area contributed by atoms with E-state index in [1.807, 2.05) is 0 Å². The summed E-state index contributed by atoms with van der Waals surface area (Å²) >= 11 is 0. The van der Waals surface area contributed by atoms with Crippen molar-refractivity contribution in [2.45, 2.75) is 6.42 Å². The van der Waals surface area contributed by atoms with Crippen LogP contribution in [0, 0.1) is 0 Å². The number of rotatable bonds is 2. The molecular formula is C11H12N2O2. The summed E-state index contributed by atoms with van der Waals surface area (Å²) in [6.45, 7) is 1.79. The number of anilines is 1. The molecule has 1 aromatic rings. The van der Waals surface area contributed by atoms with Crippen LogP contribution in [0.25, 0.3) is 0 Å². The van der Waals surface area contributed by atoms with Gasteiger partial charge < -0.3 is 10.0 Å². The van der Waals surface area contributed by atoms with Gasteiger partial charge in [0, 0.05) is 19.3 Å². The highest BCUT2D eigenvalue weighted by molar-refractivity contribution is 5.87. The Labute approximate surface area is 87.9 Å². The van der Waals surface area contributed by atoms with E-state index in [0.29, 0.717) is 0 Å². The number of aromatic carboxylic acids is 1. The number of pyridine rings is 1. The third-order valence-corrected chi connectivity index (χ3v) is 2.38. The Hall–Kier alpha value is -1.84. The van der Waals surface area contributed by atoms with Crippen LogP contribution in [0.5, 0.6) is 0 Å². The molecule has 0 spiro atoms. The average Bonchev–Trinajstić information content (AvgIpc) is 2.30. The Bertz CT molecular complexity index is 384. The first-order chi connectivity index (χ1) is 7.27. The molecule has 0 bridgehead atoms. The lowest BCUT2D eigenvalue weighted by molar-refractivity contribution is 0.0696. The predicted octanol–water partition coefficient (Wildman–Crippen LogP) is 1.55. The van der Waals surface area contributed by atoms with Gasteiger partial charge in [-0.2, -0.15) is 0 Å². The zero-order valence-corrected chi connectivity index (χ0v) is 8.26. The third-order valence-electron chi connectivity index (χ3n) is 2.38. The van der Waals surface area contributed by atoms with E-state index in [1.165, 1.54) is 6.20 Å². The molecule has 0 radical (unpaired) electrons. The second-order valence-electron chi connectivity index (χ2n) is 3.42. The van der Waals surface area contributed by atoms with Gasteiger partial charge in [-0.05, 0) is 18.6 Å². The fraction of sp³-hybridized carbons (Fsp3) is 0.273. The largest absolute Gasteiger partial charge is 0.478 e. The maximum Gasteiger partial charge on any atom is 0.337 e. The van der Waals surface area contributed by atoms with Crippen molar-refractivity contribution in [3.63, 3.8) is 0 Å². The lowest BCUT2D eigenvalue weighted by atomic mass is 10.2. The molecule has 15 heavy (non-hydrogen) atoms. The zero-order valence-electron chi connectivity index (χ0n) is 8.26. The molecule has 0 saturated carbocycles. The molecule has 2 heterocycles. The second-order valence-corrected chi connectivity index (χ2v) is 3.42. The Balaban J connectivity index is 2.16. The molecule has 0 saturated heterocycles. The van der Waals surface area contributed by atoms with E-state index < -0.39 is 5.97 Å². The maximum absolute atomic E-state index is 10.6. The van der Waals surface area contributed by atoms with E-state index in [-0.39, 0.29) is 5.56 Å². The van der Waals surface area contributed by atoms with Crippen molar-refractivity contribution in [1.82, 2.24) is 4.98 Å². The van der Waals surface area contributed by atoms with Gasteiger partial charge >= 0.3 is 5.97 Å². The molecular weight excluding hydrogens is 192 g/mol. The summed E-state index contributed by atoms with van der Waals surface area (Å²) in [5.74, 6) is -0.100. The molecule has 0 aliphatic carbocycles. The molecule has 1 aliphatic heterocycles. The SMILES string of the molecule is O=C(O)c1ccc(N2CC=CCC2)nc1. The molecule has 4 heteroatoms. The van der Waals surface area contributed by atoms with E-state index in [1.54, 1.807) is 12.1 Å². The second kappa shape index (κ2) is 4.13. The van der Waals surface area contributed by atoms with Gasteiger partial charge in [0.25, 0.3) is 0 Å². The number of aromatic nitrogens is 1. The minimum atomic E-state index is -0.937. The van der Waals surface area contributed by atoms with Crippen molar-refractivity contribution in [2.75, 3.05) is 18.0 Å². The summed E-state index contributed by atoms with van der Waals surface area (Å²) in [4.78, 5) is 16.9. The lowest BCUT2D eigenvalue weighted by Gasteiger charge is -2.24. The number of carboxylic acids is 1. The Morgan fingerprint density at radius 2 is 2.27 bits per heavy atom. The minimum Gasteiger partial charge on any atom is -0.478 e. The highest BCUT2D eigenvalue weighted by atomic mass is 16.4. The molecule has 1 aliphatic rings. The fourth-order valence-electron chi connectivity index (χ4n) is 1.55. The van der Waals surface area contributed by atoms with Crippen molar-refractivity contribution >= 4 is 11.8 Å². The molecule has 0 amide bonds. The summed E-state index contributed by atoms with van der Waals surface area (Å²) in [5.41, 5.74) is 0.228. The van der Waals surface area contributed by atoms with Gasteiger partial charge in [0.15, 0.2) is 0 Å². The molecule has 0 unspecified atom stereocenters. The quantitative estimate of drug-likeness (QED) is 0.742. The van der Waals surface area contributed by atoms with Crippen LogP contribution >= 0.6 is 0 Å². The van der Waals surface area contributed by atoms with Crippen LogP contribution in [0.3, 0.4) is 0 Å². The van der Waals surface area contributed by atoms with Crippen molar-refractivity contribution in [2.24, 2.45) is 0 Å². The summed E-state index contributed by atoms with van der Waals surface area (Å²) in [7, 11) is 0. The minimum absolute atomic E-state index is 0.228. The number of nitrogens with zero attached hydrogens (tertiary/aromatic N) is 2. The highest BCUT2D eigenvalue weighted by Gasteiger charge is 2.09. The number of carbonyl (C=O) groups is 1. The smallest absolute Gasteiger partial charge is 0.337 e. The topological polar surface area (TPSA) is 53.4 Å². The van der Waals surface area contributed by atoms with Crippen LogP contribution in [-0.2, 0) is 0 Å². The normalized spacial score (nSPS) is 15.3. The van der Waals surface area contributed by atoms with Gasteiger partial charge in [-0.15, -0.1) is 0 Å². The van der Waals surface area contributed by atoms with Gasteiger partial charge in [0.05, 0.1) is 5.56 Å². The van der Waals surface area contributed by atoms with E-state index in [2.05, 4.69) is 22.0 Å². The molecule has 4 nitrogen and oxygen atoms in total. The van der Waals surface area contributed by atoms with Crippen molar-refractivity contribution in [3.05, 3.63) is 36.0 Å². The summed E-state index contributed by atoms with van der Waals surface area (Å²) < 4.78 is 0. The molecule has 0 fully saturated rings. The monoisotopic (exact) mass is 204 g/mol. The first-order valence-electron chi connectivity index (χ1n) is 4.86. The molecule has 2 rings (SSSR count). The molecule has 0 aromatic carbocycles. The number of carboxylic acid groups (broad SMARTS) is 1. The van der Waals surface area contributed by atoms with E-state index >= 15 is 0 Å². The van der Waals surface area contributed by atoms with Crippen molar-refractivity contribution < 1.29 is 9.90 Å². The van der Waals surface area contributed by atoms with Gasteiger partial charge in [-0.25, -0.2) is 9.78 Å². The van der Waals surface area contributed by atoms with Crippen LogP contribution in [0.1, 0.15) is 16.8 Å². The first kappa shape index (κ1) is 9.71. The van der Waals surface area contributed by atoms with Gasteiger partial charge in [0.2, 0.25) is 0 Å². The Kier molecular flexibility index (Phi) is 2.67. The number of hydrogen-bond acceptors (Lipinski definition) is 3. The number of hydrogen-bond donors (Lipinski definition) is 1. The molecule has 1 N–H and O–H groups in total. The van der Waals surface area contributed by atoms with Crippen LogP contribution in [0.2, 0.25) is 0 Å². The summed E-state index contributed by atoms with van der Waals surface area (Å²) in [6, 6.07) is 3.34. The molecule has 0 atom stereocenters. The standard InChI is InChI=1S/C11H12N2O2/c14-11(15)9-4-5-10(12-8-9)13-6-2-1-3-7-13/h1-2,4-5,8H,3,6-7H2,(H,14,15). The predicted molar refractivity (Wildman–Crippen MR) is 57.2 cm³/mol. The first-order valence-corrected chi connectivity index (χ1v) is 4.86. The van der Waals surface area contributed by atoms with E-state index in [9.17, 15) is 4.79 Å². The van der Waals surface area contributed by atoms with Crippen molar-refractivity contribution in [1.29, 1.82) is 0 Å². The van der Waals surface area contributed by atoms with E-state index in [4.69, 9.17) is 5.11 Å². The van der Waals surface area contributed by atoms with Crippen LogP contribution < -0.4 is 4.90 Å².